The van der Waals surface area contributed by atoms with Crippen LogP contribution >= 0.6 is 11.6 Å². The summed E-state index contributed by atoms with van der Waals surface area (Å²) in [5.74, 6) is -1.51. The van der Waals surface area contributed by atoms with Gasteiger partial charge in [-0.25, -0.2) is 9.18 Å². The van der Waals surface area contributed by atoms with E-state index >= 15 is 0 Å². The third-order valence-corrected chi connectivity index (χ3v) is 2.48. The molecule has 0 radical (unpaired) electrons. The third-order valence-electron chi connectivity index (χ3n) is 2.18. The largest absolute Gasteiger partial charge is 0.481 e. The number of hydrogen-bond acceptors (Lipinski definition) is 3. The first-order valence-corrected chi connectivity index (χ1v) is 5.33. The summed E-state index contributed by atoms with van der Waals surface area (Å²) in [6, 6.07) is 5.47. The molecule has 4 nitrogen and oxygen atoms in total. The van der Waals surface area contributed by atoms with Crippen molar-refractivity contribution in [2.75, 3.05) is 0 Å². The molecule has 0 aliphatic rings. The first-order valence-electron chi connectivity index (χ1n) is 4.95. The Morgan fingerprint density at radius 3 is 2.89 bits per heavy atom. The van der Waals surface area contributed by atoms with E-state index in [0.717, 1.165) is 6.26 Å². The summed E-state index contributed by atoms with van der Waals surface area (Å²) in [5.41, 5.74) is 0.00762. The first kappa shape index (κ1) is 12.4. The van der Waals surface area contributed by atoms with Gasteiger partial charge in [0.1, 0.15) is 18.6 Å². The molecule has 0 aliphatic carbocycles. The molecule has 2 aromatic rings. The molecule has 18 heavy (non-hydrogen) atoms. The van der Waals surface area contributed by atoms with Gasteiger partial charge >= 0.3 is 5.97 Å². The van der Waals surface area contributed by atoms with Gasteiger partial charge in [0.2, 0.25) is 0 Å². The van der Waals surface area contributed by atoms with E-state index in [2.05, 4.69) is 0 Å². The highest BCUT2D eigenvalue weighted by atomic mass is 35.5. The average Bonchev–Trinajstić information content (AvgIpc) is 2.77. The van der Waals surface area contributed by atoms with Crippen LogP contribution in [-0.2, 0) is 6.61 Å². The first-order chi connectivity index (χ1) is 8.58. The number of carboxylic acid groups (broad SMARTS) is 1. The van der Waals surface area contributed by atoms with Gasteiger partial charge in [0.05, 0.1) is 10.6 Å². The topological polar surface area (TPSA) is 59.7 Å². The van der Waals surface area contributed by atoms with Gasteiger partial charge in [-0.3, -0.25) is 0 Å². The van der Waals surface area contributed by atoms with Crippen molar-refractivity contribution in [3.8, 4) is 5.75 Å². The molecular weight excluding hydrogens is 263 g/mol. The van der Waals surface area contributed by atoms with Crippen LogP contribution < -0.4 is 4.74 Å². The van der Waals surface area contributed by atoms with Crippen LogP contribution in [0.3, 0.4) is 0 Å². The smallest absolute Gasteiger partial charge is 0.338 e. The van der Waals surface area contributed by atoms with Crippen molar-refractivity contribution in [2.24, 2.45) is 0 Å². The van der Waals surface area contributed by atoms with Crippen LogP contribution in [-0.4, -0.2) is 11.1 Å². The molecule has 1 aromatic carbocycles. The molecule has 0 spiro atoms. The normalized spacial score (nSPS) is 10.3. The van der Waals surface area contributed by atoms with Crippen molar-refractivity contribution in [3.63, 3.8) is 0 Å². The monoisotopic (exact) mass is 270 g/mol. The van der Waals surface area contributed by atoms with E-state index in [1.807, 2.05) is 0 Å². The lowest BCUT2D eigenvalue weighted by molar-refractivity contribution is 0.0696. The number of benzene rings is 1. The summed E-state index contributed by atoms with van der Waals surface area (Å²) in [7, 11) is 0. The SMILES string of the molecule is O=C(O)c1coc(COc2c(F)cccc2Cl)c1. The van der Waals surface area contributed by atoms with Crippen LogP contribution in [0.15, 0.2) is 34.9 Å². The Balaban J connectivity index is 2.09. The molecule has 0 saturated carbocycles. The van der Waals surface area contributed by atoms with E-state index in [9.17, 15) is 9.18 Å². The Labute approximate surface area is 107 Å². The second-order valence-corrected chi connectivity index (χ2v) is 3.85. The standard InChI is InChI=1S/C12H8ClFO4/c13-9-2-1-3-10(14)11(9)18-6-8-4-7(5-17-8)12(15)16/h1-5H,6H2,(H,15,16). The number of ether oxygens (including phenoxy) is 1. The van der Waals surface area contributed by atoms with Crippen LogP contribution in [0.4, 0.5) is 4.39 Å². The van der Waals surface area contributed by atoms with Gasteiger partial charge in [-0.15, -0.1) is 0 Å². The van der Waals surface area contributed by atoms with Crippen LogP contribution in [0.25, 0.3) is 0 Å². The fraction of sp³-hybridized carbons (Fsp3) is 0.0833. The quantitative estimate of drug-likeness (QED) is 0.925. The molecule has 1 N–H and O–H groups in total. The lowest BCUT2D eigenvalue weighted by Crippen LogP contribution is -1.97. The highest BCUT2D eigenvalue weighted by Gasteiger charge is 2.11. The zero-order valence-corrected chi connectivity index (χ0v) is 9.78. The van der Waals surface area contributed by atoms with E-state index < -0.39 is 11.8 Å². The zero-order valence-electron chi connectivity index (χ0n) is 9.02. The molecule has 94 valence electrons. The van der Waals surface area contributed by atoms with Crippen LogP contribution in [0.5, 0.6) is 5.75 Å². The van der Waals surface area contributed by atoms with Crippen molar-refractivity contribution < 1.29 is 23.4 Å². The molecule has 1 aromatic heterocycles. The summed E-state index contributed by atoms with van der Waals surface area (Å²) < 4.78 is 23.5. The molecule has 0 bridgehead atoms. The van der Waals surface area contributed by atoms with E-state index in [4.69, 9.17) is 25.9 Å². The van der Waals surface area contributed by atoms with Gasteiger partial charge in [0.15, 0.2) is 11.6 Å². The van der Waals surface area contributed by atoms with Gasteiger partial charge in [-0.1, -0.05) is 17.7 Å². The van der Waals surface area contributed by atoms with Crippen molar-refractivity contribution in [3.05, 3.63) is 52.7 Å². The Bertz CT molecular complexity index is 559. The number of aromatic carboxylic acids is 1. The molecule has 0 saturated heterocycles. The van der Waals surface area contributed by atoms with Crippen molar-refractivity contribution >= 4 is 17.6 Å². The van der Waals surface area contributed by atoms with Crippen molar-refractivity contribution in [1.82, 2.24) is 0 Å². The summed E-state index contributed by atoms with van der Waals surface area (Å²) in [5, 5.41) is 8.83. The maximum atomic E-state index is 13.4. The summed E-state index contributed by atoms with van der Waals surface area (Å²) in [6.45, 7) is -0.103. The third kappa shape index (κ3) is 2.62. The van der Waals surface area contributed by atoms with Gasteiger partial charge in [0.25, 0.3) is 0 Å². The number of para-hydroxylation sites is 1. The molecular formula is C12H8ClFO4. The van der Waals surface area contributed by atoms with Crippen LogP contribution in [0, 0.1) is 5.82 Å². The Hall–Kier alpha value is -2.01. The van der Waals surface area contributed by atoms with Gasteiger partial charge in [0, 0.05) is 0 Å². The second-order valence-electron chi connectivity index (χ2n) is 3.45. The molecule has 1 heterocycles. The van der Waals surface area contributed by atoms with Gasteiger partial charge in [-0.05, 0) is 18.2 Å². The Kier molecular flexibility index (Phi) is 3.53. The second kappa shape index (κ2) is 5.10. The molecule has 0 aliphatic heterocycles. The fourth-order valence-corrected chi connectivity index (χ4v) is 1.55. The average molecular weight is 271 g/mol. The minimum Gasteiger partial charge on any atom is -0.481 e. The Morgan fingerprint density at radius 2 is 2.28 bits per heavy atom. The minimum atomic E-state index is -1.10. The maximum Gasteiger partial charge on any atom is 0.338 e. The number of carboxylic acids is 1. The number of carbonyl (C=O) groups is 1. The van der Waals surface area contributed by atoms with Gasteiger partial charge in [-0.2, -0.15) is 0 Å². The number of halogens is 2. The number of hydrogen-bond donors (Lipinski definition) is 1. The van der Waals surface area contributed by atoms with E-state index in [-0.39, 0.29) is 28.7 Å². The zero-order chi connectivity index (χ0) is 13.1. The minimum absolute atomic E-state index is 0.00762. The van der Waals surface area contributed by atoms with E-state index in [1.165, 1.54) is 24.3 Å². The summed E-state index contributed by atoms with van der Waals surface area (Å²) in [4.78, 5) is 10.6. The summed E-state index contributed by atoms with van der Waals surface area (Å²) >= 11 is 5.76. The number of furan rings is 1. The van der Waals surface area contributed by atoms with Crippen molar-refractivity contribution in [2.45, 2.75) is 6.61 Å². The molecule has 2 rings (SSSR count). The lowest BCUT2D eigenvalue weighted by Gasteiger charge is -2.06. The Morgan fingerprint density at radius 1 is 1.50 bits per heavy atom. The predicted molar refractivity (Wildman–Crippen MR) is 61.4 cm³/mol. The summed E-state index contributed by atoms with van der Waals surface area (Å²) in [6.07, 6.45) is 1.09. The lowest BCUT2D eigenvalue weighted by atomic mass is 10.3. The molecule has 0 fully saturated rings. The molecule has 0 atom stereocenters. The highest BCUT2D eigenvalue weighted by molar-refractivity contribution is 6.32. The highest BCUT2D eigenvalue weighted by Crippen LogP contribution is 2.28. The molecule has 0 amide bonds. The predicted octanol–water partition coefficient (Wildman–Crippen LogP) is 3.35. The van der Waals surface area contributed by atoms with E-state index in [0.29, 0.717) is 0 Å². The van der Waals surface area contributed by atoms with Crippen LogP contribution in [0.2, 0.25) is 5.02 Å². The molecule has 0 unspecified atom stereocenters. The van der Waals surface area contributed by atoms with Crippen LogP contribution in [0.1, 0.15) is 16.1 Å². The maximum absolute atomic E-state index is 13.4. The fourth-order valence-electron chi connectivity index (χ4n) is 1.33. The molecule has 6 heteroatoms. The van der Waals surface area contributed by atoms with Crippen molar-refractivity contribution in [1.29, 1.82) is 0 Å². The van der Waals surface area contributed by atoms with E-state index in [1.54, 1.807) is 0 Å². The number of rotatable bonds is 4. The van der Waals surface area contributed by atoms with Gasteiger partial charge < -0.3 is 14.3 Å².